The Kier molecular flexibility index (Phi) is 6.85. The van der Waals surface area contributed by atoms with Crippen molar-refractivity contribution in [3.63, 3.8) is 0 Å². The highest BCUT2D eigenvalue weighted by Crippen LogP contribution is 2.27. The van der Waals surface area contributed by atoms with Crippen LogP contribution in [0.2, 0.25) is 0 Å². The van der Waals surface area contributed by atoms with Gasteiger partial charge in [0.25, 0.3) is 0 Å². The summed E-state index contributed by atoms with van der Waals surface area (Å²) in [6, 6.07) is 3.80. The van der Waals surface area contributed by atoms with Gasteiger partial charge in [-0.05, 0) is 24.6 Å². The molecule has 1 saturated heterocycles. The van der Waals surface area contributed by atoms with E-state index in [1.165, 1.54) is 6.07 Å². The molecule has 0 aromatic carbocycles. The normalized spacial score (nSPS) is 17.2. The average molecular weight is 426 g/mol. The second-order valence-electron chi connectivity index (χ2n) is 6.57. The molecule has 1 fully saturated rings. The highest BCUT2D eigenvalue weighted by atomic mass is 19.4. The Morgan fingerprint density at radius 1 is 1.23 bits per heavy atom. The van der Waals surface area contributed by atoms with Crippen LogP contribution in [0.25, 0.3) is 0 Å². The van der Waals surface area contributed by atoms with E-state index in [0.717, 1.165) is 18.7 Å². The fourth-order valence-electron chi connectivity index (χ4n) is 3.03. The van der Waals surface area contributed by atoms with E-state index in [2.05, 4.69) is 35.9 Å². The topological polar surface area (TPSA) is 90.4 Å². The van der Waals surface area contributed by atoms with Crippen molar-refractivity contribution in [1.82, 2.24) is 25.6 Å². The summed E-state index contributed by atoms with van der Waals surface area (Å²) in [7, 11) is 1.61. The van der Waals surface area contributed by atoms with Gasteiger partial charge in [-0.15, -0.1) is 0 Å². The van der Waals surface area contributed by atoms with Gasteiger partial charge in [0.15, 0.2) is 17.6 Å². The molecule has 0 bridgehead atoms. The molecule has 2 aromatic heterocycles. The van der Waals surface area contributed by atoms with Gasteiger partial charge in [-0.3, -0.25) is 4.99 Å². The molecule has 8 nitrogen and oxygen atoms in total. The third-order valence-electron chi connectivity index (χ3n) is 4.44. The molecule has 0 radical (unpaired) electrons. The van der Waals surface area contributed by atoms with Gasteiger partial charge in [0.1, 0.15) is 5.69 Å². The van der Waals surface area contributed by atoms with Crippen molar-refractivity contribution in [3.8, 4) is 0 Å². The lowest BCUT2D eigenvalue weighted by Gasteiger charge is -2.20. The molecule has 30 heavy (non-hydrogen) atoms. The van der Waals surface area contributed by atoms with Crippen LogP contribution < -0.4 is 20.9 Å². The Labute approximate surface area is 170 Å². The van der Waals surface area contributed by atoms with E-state index in [9.17, 15) is 17.6 Å². The number of anilines is 2. The highest BCUT2D eigenvalue weighted by Gasteiger charge is 2.32. The fraction of sp³-hybridized carbons (Fsp3) is 0.444. The van der Waals surface area contributed by atoms with Crippen molar-refractivity contribution in [1.29, 1.82) is 0 Å². The summed E-state index contributed by atoms with van der Waals surface area (Å²) in [6.07, 6.45) is -1.12. The maximum absolute atomic E-state index is 13.9. The van der Waals surface area contributed by atoms with E-state index in [4.69, 9.17) is 0 Å². The van der Waals surface area contributed by atoms with Crippen molar-refractivity contribution >= 4 is 17.7 Å². The largest absolute Gasteiger partial charge is 0.433 e. The minimum absolute atomic E-state index is 0.0531. The number of nitrogens with one attached hydrogen (secondary N) is 3. The molecule has 1 unspecified atom stereocenters. The summed E-state index contributed by atoms with van der Waals surface area (Å²) in [5, 5.41) is 9.06. The van der Waals surface area contributed by atoms with E-state index < -0.39 is 11.9 Å². The smallest absolute Gasteiger partial charge is 0.355 e. The van der Waals surface area contributed by atoms with Crippen LogP contribution in [-0.4, -0.2) is 60.2 Å². The summed E-state index contributed by atoms with van der Waals surface area (Å²) in [4.78, 5) is 17.3. The second-order valence-corrected chi connectivity index (χ2v) is 6.57. The molecule has 1 aliphatic heterocycles. The van der Waals surface area contributed by atoms with Crippen LogP contribution >= 0.6 is 0 Å². The number of nitrogens with zero attached hydrogens (tertiary/aromatic N) is 5. The SMILES string of the molecule is CN=C(NCCNc1nccc(C(F)(F)F)n1)NC1CCN(c2ncccc2F)C1. The number of halogens is 4. The predicted octanol–water partition coefficient (Wildman–Crippen LogP) is 1.89. The lowest BCUT2D eigenvalue weighted by atomic mass is 10.3. The summed E-state index contributed by atoms with van der Waals surface area (Å²) in [5.41, 5.74) is -0.999. The number of hydrogen-bond donors (Lipinski definition) is 3. The van der Waals surface area contributed by atoms with Gasteiger partial charge in [-0.2, -0.15) is 13.2 Å². The van der Waals surface area contributed by atoms with Crippen molar-refractivity contribution < 1.29 is 17.6 Å². The Hall–Kier alpha value is -3.18. The monoisotopic (exact) mass is 426 g/mol. The van der Waals surface area contributed by atoms with Gasteiger partial charge in [0.2, 0.25) is 5.95 Å². The summed E-state index contributed by atoms with van der Waals surface area (Å²) in [5.74, 6) is 0.409. The average Bonchev–Trinajstić information content (AvgIpc) is 3.18. The summed E-state index contributed by atoms with van der Waals surface area (Å²) in [6.45, 7) is 1.91. The standard InChI is InChI=1S/C18H22F4N8/c1-23-16(26-8-9-27-17-25-7-4-14(29-17)18(20,21)22)28-12-5-10-30(11-12)15-13(19)3-2-6-24-15/h2-4,6-7,12H,5,8-11H2,1H3,(H2,23,26,28)(H,25,27,29). The minimum atomic E-state index is -4.52. The van der Waals surface area contributed by atoms with Crippen LogP contribution in [-0.2, 0) is 6.18 Å². The zero-order valence-corrected chi connectivity index (χ0v) is 16.2. The number of guanidine groups is 1. The molecule has 0 saturated carbocycles. The third-order valence-corrected chi connectivity index (χ3v) is 4.44. The molecule has 0 aliphatic carbocycles. The molecule has 162 valence electrons. The Balaban J connectivity index is 1.43. The van der Waals surface area contributed by atoms with Gasteiger partial charge in [-0.25, -0.2) is 19.3 Å². The first-order valence-corrected chi connectivity index (χ1v) is 9.33. The summed E-state index contributed by atoms with van der Waals surface area (Å²) < 4.78 is 51.9. The van der Waals surface area contributed by atoms with Crippen molar-refractivity contribution in [2.45, 2.75) is 18.6 Å². The first-order valence-electron chi connectivity index (χ1n) is 9.33. The zero-order chi connectivity index (χ0) is 21.6. The van der Waals surface area contributed by atoms with Crippen LogP contribution in [0.4, 0.5) is 29.3 Å². The predicted molar refractivity (Wildman–Crippen MR) is 105 cm³/mol. The molecule has 0 amide bonds. The van der Waals surface area contributed by atoms with Crippen LogP contribution in [0.15, 0.2) is 35.6 Å². The van der Waals surface area contributed by atoms with Crippen LogP contribution in [0.5, 0.6) is 0 Å². The van der Waals surface area contributed by atoms with Crippen LogP contribution in [0.3, 0.4) is 0 Å². The maximum atomic E-state index is 13.9. The van der Waals surface area contributed by atoms with E-state index in [1.54, 1.807) is 19.3 Å². The molecular formula is C18H22F4N8. The first kappa shape index (κ1) is 21.5. The van der Waals surface area contributed by atoms with Gasteiger partial charge in [0.05, 0.1) is 0 Å². The van der Waals surface area contributed by atoms with E-state index in [1.807, 2.05) is 4.90 Å². The van der Waals surface area contributed by atoms with Gasteiger partial charge in [-0.1, -0.05) is 0 Å². The molecule has 3 heterocycles. The number of hydrogen-bond acceptors (Lipinski definition) is 6. The van der Waals surface area contributed by atoms with Crippen LogP contribution in [0.1, 0.15) is 12.1 Å². The molecule has 0 spiro atoms. The lowest BCUT2D eigenvalue weighted by Crippen LogP contribution is -2.45. The lowest BCUT2D eigenvalue weighted by molar-refractivity contribution is -0.141. The molecule has 2 aromatic rings. The highest BCUT2D eigenvalue weighted by molar-refractivity contribution is 5.80. The molecule has 3 N–H and O–H groups in total. The fourth-order valence-corrected chi connectivity index (χ4v) is 3.03. The zero-order valence-electron chi connectivity index (χ0n) is 16.2. The Morgan fingerprint density at radius 2 is 2.07 bits per heavy atom. The van der Waals surface area contributed by atoms with Gasteiger partial charge >= 0.3 is 6.18 Å². The number of aliphatic imine (C=N–C) groups is 1. The molecule has 12 heteroatoms. The van der Waals surface area contributed by atoms with Crippen LogP contribution in [0, 0.1) is 5.82 Å². The van der Waals surface area contributed by atoms with Crippen molar-refractivity contribution in [3.05, 3.63) is 42.1 Å². The van der Waals surface area contributed by atoms with E-state index >= 15 is 0 Å². The first-order chi connectivity index (χ1) is 14.4. The van der Waals surface area contributed by atoms with E-state index in [0.29, 0.717) is 31.4 Å². The number of alkyl halides is 3. The Bertz CT molecular complexity index is 873. The molecule has 1 atom stereocenters. The van der Waals surface area contributed by atoms with E-state index in [-0.39, 0.29) is 24.4 Å². The minimum Gasteiger partial charge on any atom is -0.355 e. The molecular weight excluding hydrogens is 404 g/mol. The van der Waals surface area contributed by atoms with Crippen molar-refractivity contribution in [2.24, 2.45) is 4.99 Å². The Morgan fingerprint density at radius 3 is 2.80 bits per heavy atom. The number of aromatic nitrogens is 3. The van der Waals surface area contributed by atoms with Crippen molar-refractivity contribution in [2.75, 3.05) is 43.4 Å². The summed E-state index contributed by atoms with van der Waals surface area (Å²) >= 11 is 0. The molecule has 3 rings (SSSR count). The third kappa shape index (κ3) is 5.67. The molecule has 1 aliphatic rings. The number of pyridine rings is 1. The van der Waals surface area contributed by atoms with Gasteiger partial charge < -0.3 is 20.9 Å². The second kappa shape index (κ2) is 9.55. The maximum Gasteiger partial charge on any atom is 0.433 e. The van der Waals surface area contributed by atoms with Gasteiger partial charge in [0, 0.05) is 51.7 Å². The number of rotatable bonds is 6. The quantitative estimate of drug-likeness (QED) is 0.281.